The maximum absolute atomic E-state index is 10.8. The zero-order valence-corrected chi connectivity index (χ0v) is 13.8. The number of aryl methyl sites for hydroxylation is 1. The lowest BCUT2D eigenvalue weighted by Gasteiger charge is -2.52. The third-order valence-electron chi connectivity index (χ3n) is 4.18. The largest absolute Gasteiger partial charge is 0.481 e. The summed E-state index contributed by atoms with van der Waals surface area (Å²) in [6.07, 6.45) is 1.94. The molecule has 0 radical (unpaired) electrons. The number of ether oxygens (including phenoxy) is 1. The van der Waals surface area contributed by atoms with E-state index >= 15 is 0 Å². The van der Waals surface area contributed by atoms with Gasteiger partial charge in [0.15, 0.2) is 5.16 Å². The van der Waals surface area contributed by atoms with E-state index in [2.05, 4.69) is 28.6 Å². The maximum Gasteiger partial charge on any atom is 0.313 e. The molecule has 0 amide bonds. The number of thioether (sulfide) groups is 1. The molecule has 1 aromatic rings. The van der Waals surface area contributed by atoms with Crippen LogP contribution >= 0.6 is 11.8 Å². The fraction of sp³-hybridized carbons (Fsp3) is 0.786. The second kappa shape index (κ2) is 6.36. The van der Waals surface area contributed by atoms with Gasteiger partial charge >= 0.3 is 5.97 Å². The van der Waals surface area contributed by atoms with Crippen LogP contribution in [0.4, 0.5) is 0 Å². The zero-order valence-electron chi connectivity index (χ0n) is 13.0. The lowest BCUT2D eigenvalue weighted by atomic mass is 9.64. The number of rotatable bonds is 7. The average molecular weight is 313 g/mol. The van der Waals surface area contributed by atoms with Crippen LogP contribution in [0.2, 0.25) is 0 Å². The normalized spacial score (nSPS) is 23.8. The van der Waals surface area contributed by atoms with Crippen LogP contribution in [0, 0.1) is 5.41 Å². The molecule has 6 nitrogen and oxygen atoms in total. The van der Waals surface area contributed by atoms with Crippen molar-refractivity contribution in [3.63, 3.8) is 0 Å². The first-order valence-corrected chi connectivity index (χ1v) is 8.30. The monoisotopic (exact) mass is 313 g/mol. The summed E-state index contributed by atoms with van der Waals surface area (Å²) in [5.41, 5.74) is 0.000837. The van der Waals surface area contributed by atoms with E-state index in [0.717, 1.165) is 18.7 Å². The Balaban J connectivity index is 2.22. The maximum atomic E-state index is 10.8. The van der Waals surface area contributed by atoms with E-state index in [1.54, 1.807) is 0 Å². The number of carboxylic acids is 1. The summed E-state index contributed by atoms with van der Waals surface area (Å²) >= 11 is 1.23. The fourth-order valence-electron chi connectivity index (χ4n) is 2.87. The molecule has 2 atom stereocenters. The molecule has 1 aliphatic carbocycles. The van der Waals surface area contributed by atoms with Crippen LogP contribution in [-0.4, -0.2) is 44.3 Å². The second-order valence-electron chi connectivity index (χ2n) is 5.82. The molecule has 0 spiro atoms. The van der Waals surface area contributed by atoms with Gasteiger partial charge in [-0.25, -0.2) is 0 Å². The SMILES string of the molecule is CCOC1CC(n2c(CC)nnc2SCC(=O)O)C1(C)C. The van der Waals surface area contributed by atoms with Gasteiger partial charge in [0.2, 0.25) is 0 Å². The molecule has 0 aromatic carbocycles. The van der Waals surface area contributed by atoms with Gasteiger partial charge in [0.1, 0.15) is 5.82 Å². The van der Waals surface area contributed by atoms with Crippen molar-refractivity contribution in [2.75, 3.05) is 12.4 Å². The van der Waals surface area contributed by atoms with Crippen LogP contribution in [0.15, 0.2) is 5.16 Å². The third kappa shape index (κ3) is 3.08. The number of hydrogen-bond donors (Lipinski definition) is 1. The van der Waals surface area contributed by atoms with Gasteiger partial charge in [0.05, 0.1) is 11.9 Å². The van der Waals surface area contributed by atoms with E-state index in [0.29, 0.717) is 11.8 Å². The van der Waals surface area contributed by atoms with Gasteiger partial charge < -0.3 is 14.4 Å². The first-order valence-electron chi connectivity index (χ1n) is 7.31. The molecule has 1 aliphatic rings. The predicted molar refractivity (Wildman–Crippen MR) is 80.6 cm³/mol. The highest BCUT2D eigenvalue weighted by Gasteiger charge is 2.51. The van der Waals surface area contributed by atoms with Crippen LogP contribution in [0.5, 0.6) is 0 Å². The topological polar surface area (TPSA) is 77.2 Å². The van der Waals surface area contributed by atoms with E-state index in [-0.39, 0.29) is 23.3 Å². The smallest absolute Gasteiger partial charge is 0.313 e. The summed E-state index contributed by atoms with van der Waals surface area (Å²) in [6.45, 7) is 9.13. The molecule has 21 heavy (non-hydrogen) atoms. The van der Waals surface area contributed by atoms with Crippen molar-refractivity contribution in [1.29, 1.82) is 0 Å². The zero-order chi connectivity index (χ0) is 15.6. The molecule has 2 unspecified atom stereocenters. The van der Waals surface area contributed by atoms with Crippen LogP contribution < -0.4 is 0 Å². The van der Waals surface area contributed by atoms with Crippen molar-refractivity contribution < 1.29 is 14.6 Å². The number of aromatic nitrogens is 3. The molecule has 1 heterocycles. The predicted octanol–water partition coefficient (Wildman–Crippen LogP) is 2.39. The molecule has 1 saturated carbocycles. The number of nitrogens with zero attached hydrogens (tertiary/aromatic N) is 3. The molecule has 0 bridgehead atoms. The van der Waals surface area contributed by atoms with Gasteiger partial charge in [-0.1, -0.05) is 32.5 Å². The molecule has 118 valence electrons. The van der Waals surface area contributed by atoms with Crippen molar-refractivity contribution >= 4 is 17.7 Å². The summed E-state index contributed by atoms with van der Waals surface area (Å²) in [5.74, 6) is 0.0766. The summed E-state index contributed by atoms with van der Waals surface area (Å²) < 4.78 is 7.89. The Morgan fingerprint density at radius 3 is 2.71 bits per heavy atom. The van der Waals surface area contributed by atoms with E-state index in [9.17, 15) is 4.79 Å². The van der Waals surface area contributed by atoms with E-state index in [1.807, 2.05) is 13.8 Å². The number of carbonyl (C=O) groups is 1. The third-order valence-corrected chi connectivity index (χ3v) is 5.11. The van der Waals surface area contributed by atoms with Crippen LogP contribution in [0.25, 0.3) is 0 Å². The molecular weight excluding hydrogens is 290 g/mol. The van der Waals surface area contributed by atoms with E-state index < -0.39 is 5.97 Å². The van der Waals surface area contributed by atoms with Gasteiger partial charge in [-0.05, 0) is 13.3 Å². The van der Waals surface area contributed by atoms with Gasteiger partial charge in [-0.2, -0.15) is 0 Å². The van der Waals surface area contributed by atoms with Gasteiger partial charge in [0.25, 0.3) is 0 Å². The van der Waals surface area contributed by atoms with Gasteiger partial charge in [-0.3, -0.25) is 4.79 Å². The minimum absolute atomic E-state index is 0.000837. The van der Waals surface area contributed by atoms with E-state index in [1.165, 1.54) is 11.8 Å². The lowest BCUT2D eigenvalue weighted by Crippen LogP contribution is -2.52. The number of aliphatic carboxylic acids is 1. The molecule has 7 heteroatoms. The van der Waals surface area contributed by atoms with Crippen molar-refractivity contribution in [2.45, 2.75) is 57.8 Å². The van der Waals surface area contributed by atoms with E-state index in [4.69, 9.17) is 9.84 Å². The second-order valence-corrected chi connectivity index (χ2v) is 6.76. The Labute approximate surface area is 129 Å². The summed E-state index contributed by atoms with van der Waals surface area (Å²) in [6, 6.07) is 0.260. The van der Waals surface area contributed by atoms with Crippen LogP contribution in [0.3, 0.4) is 0 Å². The molecule has 0 aliphatic heterocycles. The molecule has 1 N–H and O–H groups in total. The minimum Gasteiger partial charge on any atom is -0.481 e. The first-order chi connectivity index (χ1) is 9.91. The Morgan fingerprint density at radius 2 is 2.19 bits per heavy atom. The number of hydrogen-bond acceptors (Lipinski definition) is 5. The Bertz CT molecular complexity index is 516. The van der Waals surface area contributed by atoms with Crippen molar-refractivity contribution in [3.8, 4) is 0 Å². The average Bonchev–Trinajstić information content (AvgIpc) is 2.83. The van der Waals surface area contributed by atoms with Crippen molar-refractivity contribution in [2.24, 2.45) is 5.41 Å². The highest BCUT2D eigenvalue weighted by molar-refractivity contribution is 7.99. The van der Waals surface area contributed by atoms with Crippen molar-refractivity contribution in [1.82, 2.24) is 14.8 Å². The van der Waals surface area contributed by atoms with Gasteiger partial charge in [0, 0.05) is 24.5 Å². The van der Waals surface area contributed by atoms with Gasteiger partial charge in [-0.15, -0.1) is 10.2 Å². The first kappa shape index (κ1) is 16.3. The van der Waals surface area contributed by atoms with Crippen LogP contribution in [-0.2, 0) is 16.0 Å². The molecule has 0 saturated heterocycles. The standard InChI is InChI=1S/C14H23N3O3S/c1-5-11-15-16-13(21-8-12(18)19)17(11)9-7-10(20-6-2)14(9,3)4/h9-10H,5-8H2,1-4H3,(H,18,19). The summed E-state index contributed by atoms with van der Waals surface area (Å²) in [4.78, 5) is 10.8. The van der Waals surface area contributed by atoms with Crippen LogP contribution in [0.1, 0.15) is 46.0 Å². The highest BCUT2D eigenvalue weighted by Crippen LogP contribution is 2.52. The number of carboxylic acid groups (broad SMARTS) is 1. The Kier molecular flexibility index (Phi) is 4.93. The Hall–Kier alpha value is -1.08. The summed E-state index contributed by atoms with van der Waals surface area (Å²) in [5, 5.41) is 17.9. The molecular formula is C14H23N3O3S. The van der Waals surface area contributed by atoms with Crippen molar-refractivity contribution in [3.05, 3.63) is 5.82 Å². The molecule has 1 aromatic heterocycles. The highest BCUT2D eigenvalue weighted by atomic mass is 32.2. The Morgan fingerprint density at radius 1 is 1.48 bits per heavy atom. The minimum atomic E-state index is -0.840. The fourth-order valence-corrected chi connectivity index (χ4v) is 3.60. The summed E-state index contributed by atoms with van der Waals surface area (Å²) in [7, 11) is 0. The lowest BCUT2D eigenvalue weighted by molar-refractivity contribution is -0.134. The molecule has 2 rings (SSSR count). The quantitative estimate of drug-likeness (QED) is 0.779. The molecule has 1 fully saturated rings.